The lowest BCUT2D eigenvalue weighted by atomic mass is 9.99. The fraction of sp³-hybridized carbons (Fsp3) is 0.636. The highest BCUT2D eigenvalue weighted by Crippen LogP contribution is 2.39. The molecule has 0 saturated carbocycles. The minimum absolute atomic E-state index is 0.307. The number of anilines is 1. The van der Waals surface area contributed by atoms with Gasteiger partial charge in [-0.25, -0.2) is 9.18 Å². The quantitative estimate of drug-likeness (QED) is 0.648. The van der Waals surface area contributed by atoms with Gasteiger partial charge in [-0.2, -0.15) is 4.98 Å². The number of alkyl halides is 2. The second-order valence-corrected chi connectivity index (χ2v) is 4.77. The Hall–Kier alpha value is -1.22. The zero-order valence-electron chi connectivity index (χ0n) is 10.7. The molecule has 9 heteroatoms. The molecule has 0 radical (unpaired) electrons. The molecule has 0 unspecified atom stereocenters. The van der Waals surface area contributed by atoms with E-state index >= 15 is 0 Å². The molecular weight excluding hydrogens is 293 g/mol. The highest BCUT2D eigenvalue weighted by Gasteiger charge is 2.55. The Morgan fingerprint density at radius 3 is 2.85 bits per heavy atom. The molecule has 2 rings (SSSR count). The third-order valence-corrected chi connectivity index (χ3v) is 3.78. The van der Waals surface area contributed by atoms with Crippen molar-refractivity contribution in [3.05, 3.63) is 22.7 Å². The zero-order valence-corrected chi connectivity index (χ0v) is 11.4. The predicted octanol–water partition coefficient (Wildman–Crippen LogP) is -0.517. The first-order chi connectivity index (χ1) is 9.49. The Kier molecular flexibility index (Phi) is 4.28. The summed E-state index contributed by atoms with van der Waals surface area (Å²) in [7, 11) is 1.59. The van der Waals surface area contributed by atoms with Gasteiger partial charge in [-0.05, 0) is 6.07 Å². The van der Waals surface area contributed by atoms with Gasteiger partial charge in [0.15, 0.2) is 12.4 Å². The van der Waals surface area contributed by atoms with Crippen LogP contribution in [0.3, 0.4) is 0 Å². The van der Waals surface area contributed by atoms with E-state index in [0.29, 0.717) is 5.82 Å². The first-order valence-corrected chi connectivity index (χ1v) is 6.46. The number of aliphatic hydroxyl groups is 2. The van der Waals surface area contributed by atoms with E-state index in [9.17, 15) is 19.4 Å². The molecule has 0 spiro atoms. The Morgan fingerprint density at radius 1 is 1.70 bits per heavy atom. The summed E-state index contributed by atoms with van der Waals surface area (Å²) in [5, 5.41) is 21.8. The first-order valence-electron chi connectivity index (χ1n) is 5.93. The summed E-state index contributed by atoms with van der Waals surface area (Å²) >= 11 is 5.64. The maximum Gasteiger partial charge on any atom is 0.351 e. The normalized spacial score (nSPS) is 33.4. The van der Waals surface area contributed by atoms with E-state index < -0.39 is 36.4 Å². The summed E-state index contributed by atoms with van der Waals surface area (Å²) in [6.45, 7) is -0.661. The lowest BCUT2D eigenvalue weighted by molar-refractivity contribution is -0.115. The fourth-order valence-electron chi connectivity index (χ4n) is 2.06. The second-order valence-electron chi connectivity index (χ2n) is 4.51. The molecule has 0 aromatic carbocycles. The van der Waals surface area contributed by atoms with Crippen molar-refractivity contribution in [2.75, 3.05) is 24.9 Å². The van der Waals surface area contributed by atoms with Gasteiger partial charge in [0, 0.05) is 13.2 Å². The van der Waals surface area contributed by atoms with Crippen molar-refractivity contribution in [1.82, 2.24) is 9.55 Å². The number of halogens is 2. The number of nitrogens with zero attached hydrogens (tertiary/aromatic N) is 2. The van der Waals surface area contributed by atoms with Crippen LogP contribution in [0, 0.1) is 0 Å². The minimum atomic E-state index is -1.90. The molecule has 0 aliphatic carbocycles. The average molecular weight is 308 g/mol. The van der Waals surface area contributed by atoms with Crippen LogP contribution in [0.5, 0.6) is 0 Å². The predicted molar refractivity (Wildman–Crippen MR) is 69.6 cm³/mol. The summed E-state index contributed by atoms with van der Waals surface area (Å²) in [4.78, 5) is 15.5. The van der Waals surface area contributed by atoms with E-state index in [1.807, 2.05) is 0 Å². The first kappa shape index (κ1) is 15.2. The third-order valence-electron chi connectivity index (χ3n) is 3.32. The van der Waals surface area contributed by atoms with Gasteiger partial charge in [0.05, 0.1) is 12.5 Å². The number of ether oxygens (including phenoxy) is 1. The van der Waals surface area contributed by atoms with Gasteiger partial charge in [0.25, 0.3) is 0 Å². The van der Waals surface area contributed by atoms with E-state index in [-0.39, 0.29) is 5.88 Å². The number of hydrogen-bond donors (Lipinski definition) is 3. The molecule has 112 valence electrons. The Balaban J connectivity index is 2.37. The lowest BCUT2D eigenvalue weighted by Crippen LogP contribution is -2.47. The Bertz CT molecular complexity index is 537. The zero-order chi connectivity index (χ0) is 14.9. The smallest absolute Gasteiger partial charge is 0.351 e. The van der Waals surface area contributed by atoms with Crippen LogP contribution in [-0.4, -0.2) is 57.2 Å². The van der Waals surface area contributed by atoms with E-state index in [0.717, 1.165) is 4.57 Å². The molecule has 3 N–H and O–H groups in total. The third kappa shape index (κ3) is 2.28. The molecular formula is C11H15ClFN3O4. The molecule has 1 aromatic heterocycles. The topological polar surface area (TPSA) is 96.6 Å². The summed E-state index contributed by atoms with van der Waals surface area (Å²) in [5.74, 6) is 0.0178. The van der Waals surface area contributed by atoms with Gasteiger partial charge in [0.1, 0.15) is 17.5 Å². The summed E-state index contributed by atoms with van der Waals surface area (Å²) in [6.07, 6.45) is -3.62. The molecule has 1 aliphatic rings. The summed E-state index contributed by atoms with van der Waals surface area (Å²) < 4.78 is 20.4. The highest BCUT2D eigenvalue weighted by molar-refractivity contribution is 6.18. The number of rotatable bonds is 4. The van der Waals surface area contributed by atoms with Crippen LogP contribution >= 0.6 is 11.6 Å². The largest absolute Gasteiger partial charge is 0.393 e. The van der Waals surface area contributed by atoms with Crippen molar-refractivity contribution in [1.29, 1.82) is 0 Å². The summed E-state index contributed by atoms with van der Waals surface area (Å²) in [5.41, 5.74) is -2.37. The van der Waals surface area contributed by atoms with E-state index in [1.54, 1.807) is 7.05 Å². The fourth-order valence-corrected chi connectivity index (χ4v) is 2.37. The van der Waals surface area contributed by atoms with E-state index in [2.05, 4.69) is 10.3 Å². The van der Waals surface area contributed by atoms with Gasteiger partial charge in [-0.3, -0.25) is 4.57 Å². The minimum Gasteiger partial charge on any atom is -0.393 e. The van der Waals surface area contributed by atoms with Crippen LogP contribution < -0.4 is 11.0 Å². The molecule has 0 bridgehead atoms. The van der Waals surface area contributed by atoms with E-state index in [4.69, 9.17) is 16.3 Å². The van der Waals surface area contributed by atoms with Crippen LogP contribution in [-0.2, 0) is 4.74 Å². The lowest BCUT2D eigenvalue weighted by Gasteiger charge is -2.26. The maximum atomic E-state index is 14.2. The van der Waals surface area contributed by atoms with Gasteiger partial charge in [-0.1, -0.05) is 0 Å². The van der Waals surface area contributed by atoms with Crippen LogP contribution in [0.1, 0.15) is 6.23 Å². The molecule has 1 fully saturated rings. The Morgan fingerprint density at radius 2 is 2.40 bits per heavy atom. The molecule has 1 aromatic rings. The van der Waals surface area contributed by atoms with Gasteiger partial charge >= 0.3 is 5.69 Å². The number of nitrogens with one attached hydrogen (secondary N) is 1. The molecule has 7 nitrogen and oxygen atoms in total. The molecule has 1 saturated heterocycles. The number of hydrogen-bond acceptors (Lipinski definition) is 6. The standard InChI is InChI=1S/C11H15ClFN3O4/c1-14-6-2-3-16(10(19)15-6)9-7(13)8(18)11(4-12,5-17)20-9/h2-3,7-9,17-18H,4-5H2,1H3,(H,14,15,19)/t7-,8+,9-,11-/m1/s1. The molecule has 0 amide bonds. The van der Waals surface area contributed by atoms with Crippen LogP contribution in [0.15, 0.2) is 17.1 Å². The molecule has 2 heterocycles. The summed E-state index contributed by atoms with van der Waals surface area (Å²) in [6, 6.07) is 1.46. The van der Waals surface area contributed by atoms with Crippen LogP contribution in [0.4, 0.5) is 10.2 Å². The molecule has 1 aliphatic heterocycles. The van der Waals surface area contributed by atoms with Crippen molar-refractivity contribution >= 4 is 17.4 Å². The second kappa shape index (κ2) is 5.65. The van der Waals surface area contributed by atoms with Crippen molar-refractivity contribution in [3.8, 4) is 0 Å². The van der Waals surface area contributed by atoms with Crippen molar-refractivity contribution < 1.29 is 19.3 Å². The number of aliphatic hydroxyl groups excluding tert-OH is 2. The SMILES string of the molecule is CNc1ccn([C@@H]2O[C@@](CO)(CCl)[C@@H](O)[C@H]2F)c(=O)n1. The highest BCUT2D eigenvalue weighted by atomic mass is 35.5. The number of aromatic nitrogens is 2. The van der Waals surface area contributed by atoms with E-state index in [1.165, 1.54) is 12.3 Å². The van der Waals surface area contributed by atoms with Crippen molar-refractivity contribution in [2.24, 2.45) is 0 Å². The van der Waals surface area contributed by atoms with Crippen LogP contribution in [0.25, 0.3) is 0 Å². The van der Waals surface area contributed by atoms with Crippen LogP contribution in [0.2, 0.25) is 0 Å². The molecule has 20 heavy (non-hydrogen) atoms. The Labute approximate surface area is 119 Å². The van der Waals surface area contributed by atoms with Gasteiger partial charge in [0.2, 0.25) is 0 Å². The van der Waals surface area contributed by atoms with Crippen molar-refractivity contribution in [3.63, 3.8) is 0 Å². The average Bonchev–Trinajstić information content (AvgIpc) is 2.72. The maximum absolute atomic E-state index is 14.2. The van der Waals surface area contributed by atoms with Gasteiger partial charge < -0.3 is 20.3 Å². The molecule has 4 atom stereocenters. The monoisotopic (exact) mass is 307 g/mol. The van der Waals surface area contributed by atoms with Gasteiger partial charge in [-0.15, -0.1) is 11.6 Å². The van der Waals surface area contributed by atoms with Crippen molar-refractivity contribution in [2.45, 2.75) is 24.1 Å².